The highest BCUT2D eigenvalue weighted by Crippen LogP contribution is 2.42. The normalized spacial score (nSPS) is 17.1. The van der Waals surface area contributed by atoms with Crippen molar-refractivity contribution in [3.05, 3.63) is 100 Å². The predicted octanol–water partition coefficient (Wildman–Crippen LogP) is 4.30. The second-order valence-electron chi connectivity index (χ2n) is 8.52. The number of amides is 1. The average molecular weight is 485 g/mol. The van der Waals surface area contributed by atoms with Crippen LogP contribution in [0.15, 0.2) is 78.9 Å². The maximum Gasteiger partial charge on any atom is 0.321 e. The molecule has 2 atom stereocenters. The molecule has 1 amide bonds. The van der Waals surface area contributed by atoms with Gasteiger partial charge in [0.05, 0.1) is 28.6 Å². The quantitative estimate of drug-likeness (QED) is 0.168. The van der Waals surface area contributed by atoms with Crippen LogP contribution in [0.2, 0.25) is 0 Å². The standard InChI is InChI=1S/C27H24N4O5/c1-2-36-26(33)23-24(19-11-8-12-20(17-19)31(34)35)30-22-14-7-6-13-21(22)28-27(30)29(25(23)32)16-15-18-9-4-3-5-10-18/h3-14,17,23-24H,2,15-16H2,1H3/t23-,24+/m1/s1. The minimum Gasteiger partial charge on any atom is -0.465 e. The van der Waals surface area contributed by atoms with E-state index in [9.17, 15) is 19.7 Å². The summed E-state index contributed by atoms with van der Waals surface area (Å²) in [6, 6.07) is 22.3. The Labute approximate surface area is 207 Å². The third-order valence-electron chi connectivity index (χ3n) is 6.37. The van der Waals surface area contributed by atoms with Gasteiger partial charge in [-0.15, -0.1) is 0 Å². The SMILES string of the molecule is CCOC(=O)[C@H]1C(=O)N(CCc2ccccc2)c2nc3ccccc3n2[C@H]1c1cccc([N+](=O)[O-])c1. The van der Waals surface area contributed by atoms with Crippen LogP contribution in [0, 0.1) is 16.0 Å². The van der Waals surface area contributed by atoms with Gasteiger partial charge in [0.25, 0.3) is 5.69 Å². The molecule has 36 heavy (non-hydrogen) atoms. The fourth-order valence-corrected chi connectivity index (χ4v) is 4.77. The molecule has 0 spiro atoms. The summed E-state index contributed by atoms with van der Waals surface area (Å²) in [5.41, 5.74) is 2.75. The molecule has 0 bridgehead atoms. The summed E-state index contributed by atoms with van der Waals surface area (Å²) in [6.45, 7) is 2.09. The van der Waals surface area contributed by atoms with Crippen LogP contribution in [0.3, 0.4) is 0 Å². The van der Waals surface area contributed by atoms with Crippen molar-refractivity contribution < 1.29 is 19.2 Å². The van der Waals surface area contributed by atoms with Crippen molar-refractivity contribution >= 4 is 34.5 Å². The van der Waals surface area contributed by atoms with Crippen molar-refractivity contribution in [2.24, 2.45) is 5.92 Å². The molecular weight excluding hydrogens is 460 g/mol. The number of hydrogen-bond donors (Lipinski definition) is 0. The Morgan fingerprint density at radius 1 is 1.06 bits per heavy atom. The minimum atomic E-state index is -1.23. The van der Waals surface area contributed by atoms with E-state index < -0.39 is 28.8 Å². The topological polar surface area (TPSA) is 108 Å². The molecule has 9 heteroatoms. The largest absolute Gasteiger partial charge is 0.465 e. The van der Waals surface area contributed by atoms with Crippen LogP contribution in [0.5, 0.6) is 0 Å². The van der Waals surface area contributed by atoms with Gasteiger partial charge in [0, 0.05) is 18.7 Å². The number of esters is 1. The van der Waals surface area contributed by atoms with Crippen molar-refractivity contribution in [3.63, 3.8) is 0 Å². The summed E-state index contributed by atoms with van der Waals surface area (Å²) in [7, 11) is 0. The van der Waals surface area contributed by atoms with E-state index in [-0.39, 0.29) is 12.3 Å². The molecule has 0 N–H and O–H groups in total. The zero-order valence-electron chi connectivity index (χ0n) is 19.6. The summed E-state index contributed by atoms with van der Waals surface area (Å²) >= 11 is 0. The van der Waals surface area contributed by atoms with Crippen LogP contribution < -0.4 is 4.90 Å². The van der Waals surface area contributed by atoms with E-state index in [1.807, 2.05) is 59.2 Å². The van der Waals surface area contributed by atoms with E-state index in [0.29, 0.717) is 30.0 Å². The molecule has 0 unspecified atom stereocenters. The van der Waals surface area contributed by atoms with Gasteiger partial charge >= 0.3 is 5.97 Å². The highest BCUT2D eigenvalue weighted by Gasteiger charge is 2.48. The van der Waals surface area contributed by atoms with Crippen LogP contribution in [-0.4, -0.2) is 39.5 Å². The molecule has 9 nitrogen and oxygen atoms in total. The molecule has 2 heterocycles. The number of nitro benzene ring substituents is 1. The van der Waals surface area contributed by atoms with Crippen LogP contribution in [-0.2, 0) is 20.7 Å². The van der Waals surface area contributed by atoms with Crippen molar-refractivity contribution in [2.45, 2.75) is 19.4 Å². The molecule has 0 saturated carbocycles. The maximum atomic E-state index is 13.9. The summed E-state index contributed by atoms with van der Waals surface area (Å²) in [5, 5.41) is 11.5. The van der Waals surface area contributed by atoms with Crippen molar-refractivity contribution in [3.8, 4) is 0 Å². The number of nitrogens with zero attached hydrogens (tertiary/aromatic N) is 4. The second-order valence-corrected chi connectivity index (χ2v) is 8.52. The lowest BCUT2D eigenvalue weighted by molar-refractivity contribution is -0.384. The molecule has 1 aliphatic rings. The molecule has 1 aliphatic heterocycles. The third kappa shape index (κ3) is 4.08. The first-order valence-electron chi connectivity index (χ1n) is 11.7. The number of imidazole rings is 1. The van der Waals surface area contributed by atoms with E-state index in [1.165, 1.54) is 17.0 Å². The van der Waals surface area contributed by atoms with Gasteiger partial charge < -0.3 is 9.30 Å². The molecule has 0 radical (unpaired) electrons. The number of non-ortho nitro benzene ring substituents is 1. The zero-order valence-corrected chi connectivity index (χ0v) is 19.6. The Morgan fingerprint density at radius 3 is 2.56 bits per heavy atom. The number of anilines is 1. The minimum absolute atomic E-state index is 0.103. The molecule has 4 aromatic rings. The predicted molar refractivity (Wildman–Crippen MR) is 134 cm³/mol. The Kier molecular flexibility index (Phi) is 6.20. The number of fused-ring (bicyclic) bond motifs is 3. The molecule has 0 aliphatic carbocycles. The molecule has 182 valence electrons. The van der Waals surface area contributed by atoms with Gasteiger partial charge in [-0.05, 0) is 36.6 Å². The lowest BCUT2D eigenvalue weighted by Gasteiger charge is -2.38. The number of para-hydroxylation sites is 2. The number of carbonyl (C=O) groups is 2. The Bertz CT molecular complexity index is 1450. The molecule has 0 saturated heterocycles. The monoisotopic (exact) mass is 484 g/mol. The van der Waals surface area contributed by atoms with E-state index in [2.05, 4.69) is 0 Å². The summed E-state index contributed by atoms with van der Waals surface area (Å²) < 4.78 is 7.18. The number of benzene rings is 3. The Morgan fingerprint density at radius 2 is 1.81 bits per heavy atom. The van der Waals surface area contributed by atoms with E-state index in [0.717, 1.165) is 11.1 Å². The van der Waals surface area contributed by atoms with Gasteiger partial charge in [0.2, 0.25) is 11.9 Å². The molecule has 3 aromatic carbocycles. The van der Waals surface area contributed by atoms with Crippen molar-refractivity contribution in [2.75, 3.05) is 18.1 Å². The van der Waals surface area contributed by atoms with Crippen LogP contribution in [0.4, 0.5) is 11.6 Å². The smallest absolute Gasteiger partial charge is 0.321 e. The second kappa shape index (κ2) is 9.61. The fourth-order valence-electron chi connectivity index (χ4n) is 4.77. The highest BCUT2D eigenvalue weighted by molar-refractivity contribution is 6.08. The molecule has 5 rings (SSSR count). The number of rotatable bonds is 7. The van der Waals surface area contributed by atoms with E-state index in [1.54, 1.807) is 19.1 Å². The first-order valence-corrected chi connectivity index (χ1v) is 11.7. The van der Waals surface area contributed by atoms with E-state index >= 15 is 0 Å². The Hall–Kier alpha value is -4.53. The highest BCUT2D eigenvalue weighted by atomic mass is 16.6. The van der Waals surface area contributed by atoms with Gasteiger partial charge in [-0.25, -0.2) is 4.98 Å². The first-order chi connectivity index (χ1) is 17.5. The van der Waals surface area contributed by atoms with Gasteiger partial charge in [-0.1, -0.05) is 54.6 Å². The lowest BCUT2D eigenvalue weighted by Crippen LogP contribution is -2.50. The van der Waals surface area contributed by atoms with Gasteiger partial charge in [0.1, 0.15) is 0 Å². The van der Waals surface area contributed by atoms with Crippen LogP contribution in [0.25, 0.3) is 11.0 Å². The van der Waals surface area contributed by atoms with Gasteiger partial charge in [0.15, 0.2) is 5.92 Å². The van der Waals surface area contributed by atoms with Crippen LogP contribution >= 0.6 is 0 Å². The van der Waals surface area contributed by atoms with Crippen molar-refractivity contribution in [1.29, 1.82) is 0 Å². The molecule has 0 fully saturated rings. The lowest BCUT2D eigenvalue weighted by atomic mass is 9.89. The van der Waals surface area contributed by atoms with Gasteiger partial charge in [-0.2, -0.15) is 0 Å². The first kappa shape index (κ1) is 23.2. The number of ether oxygens (including phenoxy) is 1. The fraction of sp³-hybridized carbons (Fsp3) is 0.222. The maximum absolute atomic E-state index is 13.9. The van der Waals surface area contributed by atoms with Gasteiger partial charge in [-0.3, -0.25) is 24.6 Å². The number of nitro groups is 1. The van der Waals surface area contributed by atoms with E-state index in [4.69, 9.17) is 9.72 Å². The summed E-state index contributed by atoms with van der Waals surface area (Å²) in [5.74, 6) is -1.95. The Balaban J connectivity index is 1.70. The number of hydrogen-bond acceptors (Lipinski definition) is 6. The van der Waals surface area contributed by atoms with Crippen LogP contribution in [0.1, 0.15) is 24.1 Å². The zero-order chi connectivity index (χ0) is 25.2. The molecule has 1 aromatic heterocycles. The molecular formula is C27H24N4O5. The summed E-state index contributed by atoms with van der Waals surface area (Å²) in [4.78, 5) is 44.5. The van der Waals surface area contributed by atoms with Crippen molar-refractivity contribution in [1.82, 2.24) is 9.55 Å². The average Bonchev–Trinajstić information content (AvgIpc) is 3.27. The summed E-state index contributed by atoms with van der Waals surface area (Å²) in [6.07, 6.45) is 0.562. The number of carbonyl (C=O) groups excluding carboxylic acids is 2. The third-order valence-corrected chi connectivity index (χ3v) is 6.37. The number of aromatic nitrogens is 2.